The van der Waals surface area contributed by atoms with Gasteiger partial charge in [-0.25, -0.2) is 0 Å². The Bertz CT molecular complexity index is 1250. The van der Waals surface area contributed by atoms with Gasteiger partial charge in [0.2, 0.25) is 5.82 Å². The molecule has 0 saturated carbocycles. The number of nitrogens with zero attached hydrogens (tertiary/aromatic N) is 4. The van der Waals surface area contributed by atoms with E-state index in [0.717, 1.165) is 38.3 Å². The number of carbonyl (C=O) groups is 1. The Hall–Kier alpha value is -3.64. The van der Waals surface area contributed by atoms with E-state index in [1.165, 1.54) is 16.7 Å². The summed E-state index contributed by atoms with van der Waals surface area (Å²) >= 11 is 0. The van der Waals surface area contributed by atoms with Crippen molar-refractivity contribution in [3.8, 4) is 28.6 Å². The fraction of sp³-hybridized carbons (Fsp3) is 0.400. The summed E-state index contributed by atoms with van der Waals surface area (Å²) in [6, 6.07) is 9.90. The molecule has 1 aromatic heterocycles. The lowest BCUT2D eigenvalue weighted by molar-refractivity contribution is -0.123. The summed E-state index contributed by atoms with van der Waals surface area (Å²) in [5.74, 6) is -1.91. The van der Waals surface area contributed by atoms with Gasteiger partial charge in [-0.2, -0.15) is 13.2 Å². The maximum absolute atomic E-state index is 12.8. The molecule has 1 amide bonds. The lowest BCUT2D eigenvalue weighted by Gasteiger charge is -2.27. The fourth-order valence-electron chi connectivity index (χ4n) is 4.22. The second-order valence-corrected chi connectivity index (χ2v) is 9.26. The van der Waals surface area contributed by atoms with Crippen LogP contribution in [0.25, 0.3) is 17.1 Å². The average molecular weight is 519 g/mol. The van der Waals surface area contributed by atoms with Crippen molar-refractivity contribution < 1.29 is 28.2 Å². The van der Waals surface area contributed by atoms with Crippen molar-refractivity contribution >= 4 is 5.91 Å². The number of aromatic nitrogens is 3. The summed E-state index contributed by atoms with van der Waals surface area (Å²) in [5.41, 5.74) is 2.16. The van der Waals surface area contributed by atoms with Crippen molar-refractivity contribution in [1.29, 1.82) is 0 Å². The molecule has 2 heterocycles. The van der Waals surface area contributed by atoms with Crippen LogP contribution in [0, 0.1) is 0 Å². The highest BCUT2D eigenvalue weighted by Gasteiger charge is 2.30. The van der Waals surface area contributed by atoms with E-state index in [1.807, 2.05) is 31.3 Å². The van der Waals surface area contributed by atoms with Gasteiger partial charge in [0.25, 0.3) is 5.91 Å². The van der Waals surface area contributed by atoms with Gasteiger partial charge in [-0.1, -0.05) is 26.0 Å². The third-order valence-electron chi connectivity index (χ3n) is 6.13. The van der Waals surface area contributed by atoms with Gasteiger partial charge < -0.3 is 20.8 Å². The molecule has 9 nitrogen and oxygen atoms in total. The van der Waals surface area contributed by atoms with E-state index in [9.17, 15) is 28.2 Å². The number of hydrogen-bond acceptors (Lipinski definition) is 7. The molecule has 0 radical (unpaired) electrons. The molecule has 3 aromatic rings. The summed E-state index contributed by atoms with van der Waals surface area (Å²) in [6.45, 7) is 6.56. The monoisotopic (exact) mass is 518 g/mol. The molecule has 12 heteroatoms. The van der Waals surface area contributed by atoms with Crippen LogP contribution in [0.4, 0.5) is 13.2 Å². The van der Waals surface area contributed by atoms with Gasteiger partial charge in [0.05, 0.1) is 5.56 Å². The van der Waals surface area contributed by atoms with Gasteiger partial charge >= 0.3 is 6.18 Å². The summed E-state index contributed by atoms with van der Waals surface area (Å²) < 4.78 is 39.6. The summed E-state index contributed by atoms with van der Waals surface area (Å²) in [6.07, 6.45) is -4.60. The third kappa shape index (κ3) is 6.20. The van der Waals surface area contributed by atoms with E-state index in [4.69, 9.17) is 0 Å². The first-order valence-corrected chi connectivity index (χ1v) is 11.9. The number of carbonyl (C=O) groups excluding carboxylic acids is 1. The predicted octanol–water partition coefficient (Wildman–Crippen LogP) is 3.17. The molecule has 4 N–H and O–H groups in total. The number of alkyl halides is 3. The smallest absolute Gasteiger partial charge is 0.405 e. The maximum Gasteiger partial charge on any atom is 0.405 e. The first kappa shape index (κ1) is 26.4. The third-order valence-corrected chi connectivity index (χ3v) is 6.13. The zero-order valence-corrected chi connectivity index (χ0v) is 20.5. The van der Waals surface area contributed by atoms with Crippen molar-refractivity contribution in [3.05, 3.63) is 53.3 Å². The number of nitrogens with one attached hydrogen (secondary N) is 2. The summed E-state index contributed by atoms with van der Waals surface area (Å²) in [4.78, 5) is 15.0. The first-order chi connectivity index (χ1) is 17.5. The minimum atomic E-state index is -4.60. The number of amides is 1. The first-order valence-electron chi connectivity index (χ1n) is 11.9. The Labute approximate surface area is 211 Å². The Kier molecular flexibility index (Phi) is 7.69. The SMILES string of the molecule is CC(C)c1cc(-c2nnc(C(=O)NCC(F)(F)F)n2-c2ccc(CN3CCNCC3)cc2)c(O)cc1O. The standard InChI is InChI=1S/C25H29F3N6O3/c1-15(2)18-11-19(21(36)12-20(18)35)22-31-32-23(24(37)30-14-25(26,27)28)34(22)17-5-3-16(4-6-17)13-33-9-7-29-8-10-33/h3-6,11-12,15,29,35-36H,7-10,13-14H2,1-2H3,(H,30,37). The number of benzene rings is 2. The van der Waals surface area contributed by atoms with Gasteiger partial charge in [-0.3, -0.25) is 14.3 Å². The van der Waals surface area contributed by atoms with Crippen molar-refractivity contribution in [2.75, 3.05) is 32.7 Å². The fourth-order valence-corrected chi connectivity index (χ4v) is 4.22. The van der Waals surface area contributed by atoms with Crippen LogP contribution in [0.5, 0.6) is 11.5 Å². The van der Waals surface area contributed by atoms with E-state index in [0.29, 0.717) is 11.3 Å². The molecule has 4 rings (SSSR count). The highest BCUT2D eigenvalue weighted by molar-refractivity contribution is 5.92. The van der Waals surface area contributed by atoms with Gasteiger partial charge in [0.15, 0.2) is 5.82 Å². The highest BCUT2D eigenvalue weighted by Crippen LogP contribution is 2.38. The van der Waals surface area contributed by atoms with Crippen molar-refractivity contribution in [2.45, 2.75) is 32.5 Å². The zero-order chi connectivity index (χ0) is 26.7. The maximum atomic E-state index is 12.8. The predicted molar refractivity (Wildman–Crippen MR) is 131 cm³/mol. The van der Waals surface area contributed by atoms with Crippen molar-refractivity contribution in [3.63, 3.8) is 0 Å². The topological polar surface area (TPSA) is 116 Å². The van der Waals surface area contributed by atoms with Gasteiger partial charge in [-0.15, -0.1) is 10.2 Å². The summed E-state index contributed by atoms with van der Waals surface area (Å²) in [5, 5.41) is 33.9. The van der Waals surface area contributed by atoms with Crippen LogP contribution in [-0.4, -0.2) is 74.7 Å². The summed E-state index contributed by atoms with van der Waals surface area (Å²) in [7, 11) is 0. The largest absolute Gasteiger partial charge is 0.508 e. The number of phenolic OH excluding ortho intramolecular Hbond substituents is 2. The molecule has 37 heavy (non-hydrogen) atoms. The number of hydrogen-bond donors (Lipinski definition) is 4. The van der Waals surface area contributed by atoms with Gasteiger partial charge in [-0.05, 0) is 35.2 Å². The van der Waals surface area contributed by atoms with Crippen LogP contribution in [0.3, 0.4) is 0 Å². The minimum Gasteiger partial charge on any atom is -0.508 e. The average Bonchev–Trinajstić information content (AvgIpc) is 3.28. The number of rotatable bonds is 7. The van der Waals surface area contributed by atoms with E-state index in [1.54, 1.807) is 12.1 Å². The molecular formula is C25H29F3N6O3. The van der Waals surface area contributed by atoms with Crippen LogP contribution in [0.15, 0.2) is 36.4 Å². The molecule has 0 unspecified atom stereocenters. The van der Waals surface area contributed by atoms with E-state index in [2.05, 4.69) is 20.4 Å². The normalized spacial score (nSPS) is 14.8. The molecule has 1 aliphatic heterocycles. The van der Waals surface area contributed by atoms with Crippen molar-refractivity contribution in [1.82, 2.24) is 30.3 Å². The molecule has 1 saturated heterocycles. The Balaban J connectivity index is 1.75. The highest BCUT2D eigenvalue weighted by atomic mass is 19.4. The minimum absolute atomic E-state index is 0.0476. The molecule has 0 bridgehead atoms. The molecule has 198 valence electrons. The van der Waals surface area contributed by atoms with Crippen molar-refractivity contribution in [2.24, 2.45) is 0 Å². The van der Waals surface area contributed by atoms with E-state index in [-0.39, 0.29) is 34.6 Å². The lowest BCUT2D eigenvalue weighted by Crippen LogP contribution is -2.42. The number of piperazine rings is 1. The number of aromatic hydroxyl groups is 2. The van der Waals surface area contributed by atoms with Gasteiger partial charge in [0.1, 0.15) is 18.0 Å². The second kappa shape index (κ2) is 10.8. The van der Waals surface area contributed by atoms with Gasteiger partial charge in [0, 0.05) is 44.5 Å². The van der Waals surface area contributed by atoms with Crippen LogP contribution in [0.2, 0.25) is 0 Å². The quantitative estimate of drug-likeness (QED) is 0.380. The Morgan fingerprint density at radius 3 is 2.38 bits per heavy atom. The Morgan fingerprint density at radius 2 is 1.76 bits per heavy atom. The zero-order valence-electron chi connectivity index (χ0n) is 20.5. The number of phenols is 2. The molecular weight excluding hydrogens is 489 g/mol. The molecule has 0 spiro atoms. The van der Waals surface area contributed by atoms with E-state index >= 15 is 0 Å². The van der Waals surface area contributed by atoms with Crippen LogP contribution < -0.4 is 10.6 Å². The van der Waals surface area contributed by atoms with Crippen LogP contribution in [0.1, 0.15) is 41.5 Å². The van der Waals surface area contributed by atoms with Crippen LogP contribution >= 0.6 is 0 Å². The molecule has 0 atom stereocenters. The lowest BCUT2D eigenvalue weighted by atomic mass is 9.98. The Morgan fingerprint density at radius 1 is 1.08 bits per heavy atom. The number of halogens is 3. The molecule has 2 aromatic carbocycles. The van der Waals surface area contributed by atoms with Crippen LogP contribution in [-0.2, 0) is 6.54 Å². The molecule has 0 aliphatic carbocycles. The molecule has 1 aliphatic rings. The van der Waals surface area contributed by atoms with E-state index < -0.39 is 18.6 Å². The second-order valence-electron chi connectivity index (χ2n) is 9.26. The molecule has 1 fully saturated rings.